The Morgan fingerprint density at radius 3 is 2.55 bits per heavy atom. The van der Waals surface area contributed by atoms with Crippen LogP contribution in [0.5, 0.6) is 5.75 Å². The van der Waals surface area contributed by atoms with E-state index in [4.69, 9.17) is 9.88 Å². The molecule has 1 heterocycles. The van der Waals surface area contributed by atoms with Crippen LogP contribution in [0.4, 0.5) is 22.1 Å². The molecular weight excluding hydrogens is 552 g/mol. The fraction of sp³-hybridized carbons (Fsp3) is 0.444. The number of aliphatic imine (C=N–C) groups is 1. The van der Waals surface area contributed by atoms with E-state index in [1.54, 1.807) is 6.07 Å². The highest BCUT2D eigenvalue weighted by molar-refractivity contribution is 7.89. The van der Waals surface area contributed by atoms with Gasteiger partial charge in [0, 0.05) is 11.8 Å². The lowest BCUT2D eigenvalue weighted by atomic mass is 10.1. The Morgan fingerprint density at radius 2 is 1.82 bits per heavy atom. The number of nitrogens with two attached hydrogens (primary N) is 1. The van der Waals surface area contributed by atoms with Crippen molar-refractivity contribution in [3.05, 3.63) is 30.3 Å². The smallest absolute Gasteiger partial charge is 0.238 e. The summed E-state index contributed by atoms with van der Waals surface area (Å²) in [6, 6.07) is 7.33. The minimum atomic E-state index is -3.90. The van der Waals surface area contributed by atoms with Gasteiger partial charge in [-0.05, 0) is 54.7 Å². The number of primary sulfonamides is 1. The lowest BCUT2D eigenvalue weighted by Gasteiger charge is -2.10. The number of carbonyl (C=O) groups is 1. The van der Waals surface area contributed by atoms with Gasteiger partial charge < -0.3 is 15.2 Å². The molecule has 0 aliphatic carbocycles. The van der Waals surface area contributed by atoms with E-state index < -0.39 is 10.0 Å². The maximum Gasteiger partial charge on any atom is 0.238 e. The van der Waals surface area contributed by atoms with Crippen molar-refractivity contribution in [1.82, 2.24) is 4.37 Å². The predicted molar refractivity (Wildman–Crippen MR) is 159 cm³/mol. The van der Waals surface area contributed by atoms with Crippen LogP contribution in [0.15, 0.2) is 50.4 Å². The van der Waals surface area contributed by atoms with Crippen molar-refractivity contribution in [1.29, 1.82) is 0 Å². The van der Waals surface area contributed by atoms with Crippen molar-refractivity contribution >= 4 is 66.8 Å². The zero-order valence-electron chi connectivity index (χ0n) is 22.8. The van der Waals surface area contributed by atoms with Crippen LogP contribution in [-0.2, 0) is 19.6 Å². The topological polar surface area (TPSA) is 169 Å². The van der Waals surface area contributed by atoms with Gasteiger partial charge in [0.2, 0.25) is 15.9 Å². The summed E-state index contributed by atoms with van der Waals surface area (Å²) in [5.41, 5.74) is 1.16. The zero-order valence-corrected chi connectivity index (χ0v) is 24.4. The maximum absolute atomic E-state index is 12.5. The van der Waals surface area contributed by atoms with Crippen LogP contribution in [0.2, 0.25) is 0 Å². The summed E-state index contributed by atoms with van der Waals surface area (Å²) >= 11 is 1.05. The Labute approximate surface area is 238 Å². The van der Waals surface area contributed by atoms with Gasteiger partial charge in [-0.15, -0.1) is 10.2 Å². The van der Waals surface area contributed by atoms with Crippen molar-refractivity contribution in [2.24, 2.45) is 20.4 Å². The molecule has 0 aliphatic heterocycles. The number of unbranched alkanes of at least 4 members (excludes halogenated alkanes) is 6. The SMILES string of the molecule is CCCCCCOC=Nc1cc(N=Nc2snc3ccc(S(N)(=O)=O)cc23)cc(NC(=O)CCCCCC)c1O. The van der Waals surface area contributed by atoms with Gasteiger partial charge in [0.1, 0.15) is 5.69 Å². The molecule has 0 aliphatic rings. The van der Waals surface area contributed by atoms with Crippen LogP contribution in [0, 0.1) is 0 Å². The highest BCUT2D eigenvalue weighted by Crippen LogP contribution is 2.40. The number of anilines is 1. The molecule has 0 saturated heterocycles. The second-order valence-corrected chi connectivity index (χ2v) is 11.6. The third-order valence-corrected chi connectivity index (χ3v) is 7.68. The van der Waals surface area contributed by atoms with Gasteiger partial charge in [0.25, 0.3) is 0 Å². The highest BCUT2D eigenvalue weighted by Gasteiger charge is 2.15. The van der Waals surface area contributed by atoms with Crippen LogP contribution in [0.25, 0.3) is 10.9 Å². The summed E-state index contributed by atoms with van der Waals surface area (Å²) in [5.74, 6) is -0.445. The van der Waals surface area contributed by atoms with E-state index in [0.717, 1.165) is 62.9 Å². The zero-order chi connectivity index (χ0) is 29.0. The van der Waals surface area contributed by atoms with E-state index in [1.807, 2.05) is 0 Å². The van der Waals surface area contributed by atoms with E-state index in [-0.39, 0.29) is 27.9 Å². The van der Waals surface area contributed by atoms with Crippen molar-refractivity contribution in [3.8, 4) is 5.75 Å². The van der Waals surface area contributed by atoms with Gasteiger partial charge in [-0.1, -0.05) is 52.4 Å². The summed E-state index contributed by atoms with van der Waals surface area (Å²) in [5, 5.41) is 28.2. The lowest BCUT2D eigenvalue weighted by molar-refractivity contribution is -0.116. The van der Waals surface area contributed by atoms with Crippen molar-refractivity contribution in [3.63, 3.8) is 0 Å². The van der Waals surface area contributed by atoms with Gasteiger partial charge in [-0.25, -0.2) is 18.5 Å². The number of phenols is 1. The number of phenolic OH excluding ortho intramolecular Hbond substituents is 1. The third kappa shape index (κ3) is 9.35. The van der Waals surface area contributed by atoms with Crippen molar-refractivity contribution in [2.45, 2.75) is 76.5 Å². The first-order valence-electron chi connectivity index (χ1n) is 13.4. The first kappa shape index (κ1) is 31.1. The van der Waals surface area contributed by atoms with E-state index in [9.17, 15) is 18.3 Å². The minimum Gasteiger partial charge on any atom is -0.504 e. The Kier molecular flexibility index (Phi) is 12.0. The van der Waals surface area contributed by atoms with Gasteiger partial charge in [-0.2, -0.15) is 4.37 Å². The number of benzene rings is 2. The van der Waals surface area contributed by atoms with Gasteiger partial charge >= 0.3 is 0 Å². The summed E-state index contributed by atoms with van der Waals surface area (Å²) in [4.78, 5) is 16.7. The predicted octanol–water partition coefficient (Wildman–Crippen LogP) is 7.23. The first-order chi connectivity index (χ1) is 19.2. The normalized spacial score (nSPS) is 12.1. The molecule has 40 heavy (non-hydrogen) atoms. The molecule has 1 aromatic heterocycles. The molecule has 216 valence electrons. The van der Waals surface area contributed by atoms with Crippen LogP contribution in [-0.4, -0.2) is 36.8 Å². The number of fused-ring (bicyclic) bond motifs is 1. The van der Waals surface area contributed by atoms with E-state index in [1.165, 1.54) is 30.7 Å². The fourth-order valence-corrected chi connectivity index (χ4v) is 5.02. The number of amides is 1. The molecule has 3 rings (SSSR count). The van der Waals surface area contributed by atoms with Crippen LogP contribution >= 0.6 is 11.5 Å². The maximum atomic E-state index is 12.5. The van der Waals surface area contributed by atoms with Gasteiger partial charge in [0.15, 0.2) is 17.2 Å². The summed E-state index contributed by atoms with van der Waals surface area (Å²) in [6.45, 7) is 4.74. The number of azo groups is 1. The number of nitrogens with one attached hydrogen (secondary N) is 1. The number of aromatic hydroxyl groups is 1. The number of sulfonamides is 1. The Hall–Kier alpha value is -3.42. The highest BCUT2D eigenvalue weighted by atomic mass is 32.2. The lowest BCUT2D eigenvalue weighted by Crippen LogP contribution is -2.11. The number of rotatable bonds is 16. The molecule has 4 N–H and O–H groups in total. The molecule has 0 bridgehead atoms. The summed E-state index contributed by atoms with van der Waals surface area (Å²) in [7, 11) is -3.90. The molecule has 0 atom stereocenters. The number of hydrogen-bond acceptors (Lipinski definition) is 10. The molecule has 0 saturated carbocycles. The van der Waals surface area contributed by atoms with E-state index in [2.05, 4.69) is 38.8 Å². The summed E-state index contributed by atoms with van der Waals surface area (Å²) in [6.07, 6.45) is 9.62. The number of ether oxygens (including phenoxy) is 1. The van der Waals surface area contributed by atoms with Gasteiger partial charge in [0.05, 0.1) is 28.4 Å². The quantitative estimate of drug-likeness (QED) is 0.0524. The van der Waals surface area contributed by atoms with E-state index in [0.29, 0.717) is 34.6 Å². The Bertz CT molecular complexity index is 1450. The van der Waals surface area contributed by atoms with Crippen LogP contribution in [0.1, 0.15) is 71.6 Å². The van der Waals surface area contributed by atoms with Gasteiger partial charge in [-0.3, -0.25) is 4.79 Å². The fourth-order valence-electron chi connectivity index (χ4n) is 3.80. The molecule has 0 spiro atoms. The molecule has 0 radical (unpaired) electrons. The molecular formula is C27H36N6O5S2. The van der Waals surface area contributed by atoms with E-state index >= 15 is 0 Å². The number of aromatic nitrogens is 1. The Balaban J connectivity index is 1.86. The van der Waals surface area contributed by atoms with Crippen LogP contribution < -0.4 is 10.5 Å². The van der Waals surface area contributed by atoms with Crippen molar-refractivity contribution < 1.29 is 23.1 Å². The first-order valence-corrected chi connectivity index (χ1v) is 15.7. The average Bonchev–Trinajstić information content (AvgIpc) is 3.33. The molecule has 0 fully saturated rings. The second-order valence-electron chi connectivity index (χ2n) is 9.30. The monoisotopic (exact) mass is 588 g/mol. The molecule has 0 unspecified atom stereocenters. The standard InChI is InChI=1S/C27H36N6O5S2/c1-3-5-7-9-11-25(34)30-24-16-19(15-23(26(24)35)29-18-38-14-10-8-6-4-2)31-32-27-21-17-20(40(28,36)37)12-13-22(21)33-39-27/h12-13,15-18,35H,3-11,14H2,1-2H3,(H,30,34)(H2,28,36,37). The molecule has 11 nitrogen and oxygen atoms in total. The minimum absolute atomic E-state index is 0.0588. The van der Waals surface area contributed by atoms with Crippen molar-refractivity contribution in [2.75, 3.05) is 11.9 Å². The summed E-state index contributed by atoms with van der Waals surface area (Å²) < 4.78 is 33.3. The molecule has 13 heteroatoms. The Morgan fingerprint density at radius 1 is 1.07 bits per heavy atom. The number of carbonyl (C=O) groups excluding carboxylic acids is 1. The average molecular weight is 589 g/mol. The molecule has 1 amide bonds. The van der Waals surface area contributed by atoms with Crippen LogP contribution in [0.3, 0.4) is 0 Å². The molecule has 2 aromatic carbocycles. The third-order valence-electron chi connectivity index (χ3n) is 6.00. The number of nitrogens with zero attached hydrogens (tertiary/aromatic N) is 4. The number of hydrogen-bond donors (Lipinski definition) is 3. The second kappa shape index (κ2) is 15.4. The molecule has 3 aromatic rings. The largest absolute Gasteiger partial charge is 0.504 e.